The van der Waals surface area contributed by atoms with E-state index >= 15 is 0 Å². The summed E-state index contributed by atoms with van der Waals surface area (Å²) in [6.07, 6.45) is 6.69. The van der Waals surface area contributed by atoms with Crippen molar-refractivity contribution in [3.05, 3.63) is 29.3 Å². The van der Waals surface area contributed by atoms with Gasteiger partial charge < -0.3 is 10.6 Å². The van der Waals surface area contributed by atoms with Gasteiger partial charge in [-0.25, -0.2) is 0 Å². The molecule has 172 valence electrons. The summed E-state index contributed by atoms with van der Waals surface area (Å²) in [5, 5.41) is 6.51. The minimum absolute atomic E-state index is 0.0917. The number of anilines is 1. The van der Waals surface area contributed by atoms with Crippen molar-refractivity contribution in [3.8, 4) is 0 Å². The molecule has 1 aromatic carbocycles. The van der Waals surface area contributed by atoms with Crippen molar-refractivity contribution < 1.29 is 9.59 Å². The molecule has 0 aromatic heterocycles. The molecule has 0 unspecified atom stereocenters. The SMILES string of the molecule is CCC(=O)N[C@@H]1CCCC[C@H]1N1CCC(C(=O)Nc2c(C)cccc2C)(N(C)C)CC1. The fraction of sp³-hybridized carbons (Fsp3) is 0.680. The van der Waals surface area contributed by atoms with Crippen LogP contribution < -0.4 is 10.6 Å². The van der Waals surface area contributed by atoms with Gasteiger partial charge in [0.15, 0.2) is 0 Å². The van der Waals surface area contributed by atoms with Gasteiger partial charge in [-0.05, 0) is 64.8 Å². The zero-order valence-corrected chi connectivity index (χ0v) is 20.0. The van der Waals surface area contributed by atoms with Crippen LogP contribution in [-0.4, -0.2) is 66.4 Å². The maximum atomic E-state index is 13.5. The van der Waals surface area contributed by atoms with E-state index in [1.165, 1.54) is 12.8 Å². The Balaban J connectivity index is 1.71. The van der Waals surface area contributed by atoms with Crippen LogP contribution in [0.2, 0.25) is 0 Å². The highest BCUT2D eigenvalue weighted by Gasteiger charge is 2.45. The second-order valence-electron chi connectivity index (χ2n) is 9.56. The van der Waals surface area contributed by atoms with Crippen LogP contribution in [0.3, 0.4) is 0 Å². The van der Waals surface area contributed by atoms with Gasteiger partial charge in [0.2, 0.25) is 11.8 Å². The van der Waals surface area contributed by atoms with Gasteiger partial charge in [-0.3, -0.25) is 19.4 Å². The second kappa shape index (κ2) is 10.1. The summed E-state index contributed by atoms with van der Waals surface area (Å²) in [6.45, 7) is 7.75. The lowest BCUT2D eigenvalue weighted by Crippen LogP contribution is -2.63. The summed E-state index contributed by atoms with van der Waals surface area (Å²) in [5.74, 6) is 0.235. The van der Waals surface area contributed by atoms with E-state index in [4.69, 9.17) is 0 Å². The van der Waals surface area contributed by atoms with Crippen molar-refractivity contribution in [1.29, 1.82) is 0 Å². The molecule has 2 atom stereocenters. The number of rotatable bonds is 6. The zero-order valence-electron chi connectivity index (χ0n) is 20.0. The number of likely N-dealkylation sites (N-methyl/N-ethyl adjacent to an activating group) is 1. The molecule has 1 aliphatic carbocycles. The molecule has 3 rings (SSSR count). The largest absolute Gasteiger partial charge is 0.352 e. The van der Waals surface area contributed by atoms with Crippen LogP contribution in [-0.2, 0) is 9.59 Å². The van der Waals surface area contributed by atoms with Crippen molar-refractivity contribution in [1.82, 2.24) is 15.1 Å². The minimum Gasteiger partial charge on any atom is -0.352 e. The van der Waals surface area contributed by atoms with Gasteiger partial charge in [0.05, 0.1) is 0 Å². The Kier molecular flexibility index (Phi) is 7.76. The van der Waals surface area contributed by atoms with Gasteiger partial charge in [0, 0.05) is 37.3 Å². The number of carbonyl (C=O) groups excluding carboxylic acids is 2. The molecule has 6 heteroatoms. The van der Waals surface area contributed by atoms with Crippen molar-refractivity contribution in [2.45, 2.75) is 83.3 Å². The number of carbonyl (C=O) groups is 2. The number of para-hydroxylation sites is 1. The molecule has 31 heavy (non-hydrogen) atoms. The number of nitrogens with one attached hydrogen (secondary N) is 2. The fourth-order valence-corrected chi connectivity index (χ4v) is 5.37. The van der Waals surface area contributed by atoms with Crippen molar-refractivity contribution in [2.75, 3.05) is 32.5 Å². The molecule has 1 saturated heterocycles. The monoisotopic (exact) mass is 428 g/mol. The first kappa shape index (κ1) is 23.7. The standard InChI is InChI=1S/C25H40N4O2/c1-6-22(30)26-20-12-7-8-13-21(20)29-16-14-25(15-17-29,28(4)5)24(31)27-23-18(2)10-9-11-19(23)3/h9-11,20-21H,6-8,12-17H2,1-5H3,(H,26,30)(H,27,31)/t20-,21-/m1/s1. The molecule has 0 radical (unpaired) electrons. The molecular formula is C25H40N4O2. The summed E-state index contributed by atoms with van der Waals surface area (Å²) in [5.41, 5.74) is 2.61. The predicted octanol–water partition coefficient (Wildman–Crippen LogP) is 3.48. The average Bonchev–Trinajstić information content (AvgIpc) is 2.76. The van der Waals surface area contributed by atoms with Gasteiger partial charge in [-0.15, -0.1) is 0 Å². The molecule has 1 heterocycles. The topological polar surface area (TPSA) is 64.7 Å². The van der Waals surface area contributed by atoms with Crippen LogP contribution >= 0.6 is 0 Å². The van der Waals surface area contributed by atoms with Gasteiger partial charge in [-0.1, -0.05) is 38.0 Å². The van der Waals surface area contributed by atoms with Crippen LogP contribution in [0.1, 0.15) is 63.0 Å². The lowest BCUT2D eigenvalue weighted by Gasteiger charge is -2.49. The molecule has 0 bridgehead atoms. The molecule has 1 aliphatic heterocycles. The van der Waals surface area contributed by atoms with Gasteiger partial charge in [0.25, 0.3) is 0 Å². The summed E-state index contributed by atoms with van der Waals surface area (Å²) in [4.78, 5) is 30.2. The fourth-order valence-electron chi connectivity index (χ4n) is 5.37. The number of benzene rings is 1. The molecule has 1 saturated carbocycles. The van der Waals surface area contributed by atoms with E-state index in [0.29, 0.717) is 12.5 Å². The maximum absolute atomic E-state index is 13.5. The van der Waals surface area contributed by atoms with E-state index < -0.39 is 5.54 Å². The third kappa shape index (κ3) is 5.12. The number of hydrogen-bond donors (Lipinski definition) is 2. The molecule has 1 aromatic rings. The van der Waals surface area contributed by atoms with E-state index in [0.717, 1.165) is 55.6 Å². The summed E-state index contributed by atoms with van der Waals surface area (Å²) in [6, 6.07) is 6.73. The van der Waals surface area contributed by atoms with Crippen molar-refractivity contribution >= 4 is 17.5 Å². The van der Waals surface area contributed by atoms with Crippen LogP contribution in [0, 0.1) is 13.8 Å². The lowest BCUT2D eigenvalue weighted by atomic mass is 9.82. The van der Waals surface area contributed by atoms with Crippen molar-refractivity contribution in [3.63, 3.8) is 0 Å². The quantitative estimate of drug-likeness (QED) is 0.728. The number of likely N-dealkylation sites (tertiary alicyclic amines) is 1. The van der Waals surface area contributed by atoms with Gasteiger partial charge in [-0.2, -0.15) is 0 Å². The normalized spacial score (nSPS) is 24.1. The number of aryl methyl sites for hydroxylation is 2. The van der Waals surface area contributed by atoms with Gasteiger partial charge >= 0.3 is 0 Å². The van der Waals surface area contributed by atoms with Crippen LogP contribution in [0.25, 0.3) is 0 Å². The Morgan fingerprint density at radius 3 is 2.29 bits per heavy atom. The predicted molar refractivity (Wildman–Crippen MR) is 126 cm³/mol. The Hall–Kier alpha value is -1.92. The first-order chi connectivity index (χ1) is 14.8. The Labute approximate surface area is 187 Å². The first-order valence-corrected chi connectivity index (χ1v) is 11.9. The van der Waals surface area contributed by atoms with E-state index in [9.17, 15) is 9.59 Å². The summed E-state index contributed by atoms with van der Waals surface area (Å²) < 4.78 is 0. The van der Waals surface area contributed by atoms with E-state index in [-0.39, 0.29) is 17.9 Å². The molecule has 2 N–H and O–H groups in total. The van der Waals surface area contributed by atoms with Crippen LogP contribution in [0.4, 0.5) is 5.69 Å². The molecule has 2 fully saturated rings. The molecular weight excluding hydrogens is 388 g/mol. The molecule has 2 amide bonds. The third-order valence-electron chi connectivity index (χ3n) is 7.49. The minimum atomic E-state index is -0.512. The maximum Gasteiger partial charge on any atom is 0.244 e. The Bertz CT molecular complexity index is 763. The van der Waals surface area contributed by atoms with E-state index in [2.05, 4.69) is 20.4 Å². The summed E-state index contributed by atoms with van der Waals surface area (Å²) in [7, 11) is 4.04. The highest BCUT2D eigenvalue weighted by atomic mass is 16.2. The van der Waals surface area contributed by atoms with E-state index in [1.54, 1.807) is 0 Å². The second-order valence-corrected chi connectivity index (χ2v) is 9.56. The Morgan fingerprint density at radius 1 is 1.10 bits per heavy atom. The average molecular weight is 429 g/mol. The Morgan fingerprint density at radius 2 is 1.71 bits per heavy atom. The van der Waals surface area contributed by atoms with Crippen molar-refractivity contribution in [2.24, 2.45) is 0 Å². The first-order valence-electron chi connectivity index (χ1n) is 11.9. The molecule has 0 spiro atoms. The van der Waals surface area contributed by atoms with E-state index in [1.807, 2.05) is 53.1 Å². The molecule has 6 nitrogen and oxygen atoms in total. The highest BCUT2D eigenvalue weighted by molar-refractivity contribution is 5.99. The number of amides is 2. The smallest absolute Gasteiger partial charge is 0.244 e. The number of nitrogens with zero attached hydrogens (tertiary/aromatic N) is 2. The number of piperidine rings is 1. The summed E-state index contributed by atoms with van der Waals surface area (Å²) >= 11 is 0. The van der Waals surface area contributed by atoms with Crippen LogP contribution in [0.15, 0.2) is 18.2 Å². The zero-order chi connectivity index (χ0) is 22.6. The van der Waals surface area contributed by atoms with Gasteiger partial charge in [0.1, 0.15) is 5.54 Å². The molecule has 2 aliphatic rings. The number of hydrogen-bond acceptors (Lipinski definition) is 4. The van der Waals surface area contributed by atoms with Crippen LogP contribution in [0.5, 0.6) is 0 Å². The highest BCUT2D eigenvalue weighted by Crippen LogP contribution is 2.33. The third-order valence-corrected chi connectivity index (χ3v) is 7.49. The lowest BCUT2D eigenvalue weighted by molar-refractivity contribution is -0.130.